The predicted molar refractivity (Wildman–Crippen MR) is 92.0 cm³/mol. The van der Waals surface area contributed by atoms with Crippen LogP contribution in [0.1, 0.15) is 11.5 Å². The van der Waals surface area contributed by atoms with Crippen LogP contribution in [0.25, 0.3) is 11.5 Å². The van der Waals surface area contributed by atoms with E-state index in [1.165, 1.54) is 18.3 Å². The van der Waals surface area contributed by atoms with E-state index < -0.39 is 0 Å². The molecule has 0 aliphatic heterocycles. The summed E-state index contributed by atoms with van der Waals surface area (Å²) < 4.78 is 6.46. The molecule has 0 unspecified atom stereocenters. The average molecular weight is 359 g/mol. The molecule has 7 nitrogen and oxygen atoms in total. The normalized spacial score (nSPS) is 10.6. The first-order valence-corrected chi connectivity index (χ1v) is 7.92. The fraction of sp³-hybridized carbons (Fsp3) is 0.176. The number of carbonyl (C=O) groups excluding carboxylic acids is 1. The molecule has 2 heterocycles. The van der Waals surface area contributed by atoms with Crippen LogP contribution in [0.5, 0.6) is 0 Å². The number of hydrogen-bond acceptors (Lipinski definition) is 5. The molecule has 0 aliphatic carbocycles. The van der Waals surface area contributed by atoms with Gasteiger partial charge in [-0.3, -0.25) is 9.59 Å². The molecule has 0 saturated heterocycles. The summed E-state index contributed by atoms with van der Waals surface area (Å²) in [5, 5.41) is 7.44. The molecule has 1 N–H and O–H groups in total. The van der Waals surface area contributed by atoms with Gasteiger partial charge >= 0.3 is 0 Å². The van der Waals surface area contributed by atoms with E-state index in [1.54, 1.807) is 13.0 Å². The molecule has 1 amide bonds. The van der Waals surface area contributed by atoms with Gasteiger partial charge in [0.2, 0.25) is 5.91 Å². The van der Waals surface area contributed by atoms with Gasteiger partial charge in [0, 0.05) is 24.6 Å². The summed E-state index contributed by atoms with van der Waals surface area (Å²) in [6.45, 7) is 1.78. The molecule has 0 aliphatic rings. The Bertz CT molecular complexity index is 964. The van der Waals surface area contributed by atoms with Crippen molar-refractivity contribution in [2.75, 3.05) is 0 Å². The number of oxazole rings is 1. The Morgan fingerprint density at radius 1 is 1.28 bits per heavy atom. The van der Waals surface area contributed by atoms with E-state index in [0.717, 1.165) is 10.2 Å². The van der Waals surface area contributed by atoms with Gasteiger partial charge in [-0.2, -0.15) is 5.10 Å². The van der Waals surface area contributed by atoms with Gasteiger partial charge in [0.1, 0.15) is 12.2 Å². The highest BCUT2D eigenvalue weighted by molar-refractivity contribution is 6.31. The quantitative estimate of drug-likeness (QED) is 0.755. The number of carbonyl (C=O) groups is 1. The number of aryl methyl sites for hydroxylation is 1. The second-order valence-electron chi connectivity index (χ2n) is 5.33. The number of rotatable bonds is 5. The Balaban J connectivity index is 1.70. The molecule has 3 aromatic rings. The minimum atomic E-state index is -0.382. The molecule has 1 aromatic carbocycles. The standard InChI is InChI=1S/C17H15ClN4O3/c1-11-19-9-15(25-11)14-6-7-17(24)22(21-14)10-16(23)20-8-12-4-2-3-5-13(12)18/h2-7,9H,8,10H2,1H3,(H,20,23). The Hall–Kier alpha value is -2.93. The van der Waals surface area contributed by atoms with E-state index in [2.05, 4.69) is 15.4 Å². The lowest BCUT2D eigenvalue weighted by molar-refractivity contribution is -0.122. The molecule has 8 heteroatoms. The third kappa shape index (κ3) is 4.13. The Kier molecular flexibility index (Phi) is 4.95. The summed E-state index contributed by atoms with van der Waals surface area (Å²) >= 11 is 6.05. The van der Waals surface area contributed by atoms with Crippen LogP contribution in [-0.4, -0.2) is 20.7 Å². The van der Waals surface area contributed by atoms with Gasteiger partial charge in [-0.05, 0) is 17.7 Å². The van der Waals surface area contributed by atoms with E-state index in [1.807, 2.05) is 18.2 Å². The fourth-order valence-corrected chi connectivity index (χ4v) is 2.40. The Labute approximate surface area is 148 Å². The van der Waals surface area contributed by atoms with Crippen LogP contribution >= 0.6 is 11.6 Å². The van der Waals surface area contributed by atoms with Crippen LogP contribution < -0.4 is 10.9 Å². The van der Waals surface area contributed by atoms with Gasteiger partial charge in [0.25, 0.3) is 5.56 Å². The van der Waals surface area contributed by atoms with Crippen LogP contribution in [0.2, 0.25) is 5.02 Å². The number of amides is 1. The van der Waals surface area contributed by atoms with Crippen molar-refractivity contribution >= 4 is 17.5 Å². The van der Waals surface area contributed by atoms with Gasteiger partial charge in [-0.25, -0.2) is 9.67 Å². The van der Waals surface area contributed by atoms with Gasteiger partial charge in [-0.1, -0.05) is 29.8 Å². The number of hydrogen-bond donors (Lipinski definition) is 1. The monoisotopic (exact) mass is 358 g/mol. The van der Waals surface area contributed by atoms with Crippen LogP contribution in [0, 0.1) is 6.92 Å². The fourth-order valence-electron chi connectivity index (χ4n) is 2.20. The predicted octanol–water partition coefficient (Wildman–Crippen LogP) is 2.18. The Morgan fingerprint density at radius 3 is 2.80 bits per heavy atom. The summed E-state index contributed by atoms with van der Waals surface area (Å²) in [5.41, 5.74) is 0.843. The van der Waals surface area contributed by atoms with Gasteiger partial charge in [0.05, 0.1) is 6.20 Å². The molecule has 3 rings (SSSR count). The maximum Gasteiger partial charge on any atom is 0.267 e. The van der Waals surface area contributed by atoms with Crippen LogP contribution in [0.4, 0.5) is 0 Å². The lowest BCUT2D eigenvalue weighted by Crippen LogP contribution is -2.33. The minimum absolute atomic E-state index is 0.204. The number of benzene rings is 1. The summed E-state index contributed by atoms with van der Waals surface area (Å²) in [6, 6.07) is 10.1. The van der Waals surface area contributed by atoms with Crippen molar-refractivity contribution in [3.8, 4) is 11.5 Å². The molecular formula is C17H15ClN4O3. The molecule has 0 fully saturated rings. The first kappa shape index (κ1) is 16.9. The second-order valence-corrected chi connectivity index (χ2v) is 5.73. The molecule has 0 spiro atoms. The Morgan fingerprint density at radius 2 is 2.08 bits per heavy atom. The summed E-state index contributed by atoms with van der Waals surface area (Å²) in [4.78, 5) is 28.0. The van der Waals surface area contributed by atoms with Crippen molar-refractivity contribution in [3.63, 3.8) is 0 Å². The molecular weight excluding hydrogens is 344 g/mol. The zero-order chi connectivity index (χ0) is 17.8. The molecule has 0 radical (unpaired) electrons. The molecule has 2 aromatic heterocycles. The molecule has 128 valence electrons. The van der Waals surface area contributed by atoms with Crippen molar-refractivity contribution in [1.29, 1.82) is 0 Å². The topological polar surface area (TPSA) is 90.0 Å². The first-order chi connectivity index (χ1) is 12.0. The van der Waals surface area contributed by atoms with E-state index in [0.29, 0.717) is 22.4 Å². The number of halogens is 1. The zero-order valence-corrected chi connectivity index (χ0v) is 14.2. The highest BCUT2D eigenvalue weighted by Gasteiger charge is 2.11. The zero-order valence-electron chi connectivity index (χ0n) is 13.4. The van der Waals surface area contributed by atoms with Gasteiger partial charge < -0.3 is 9.73 Å². The van der Waals surface area contributed by atoms with Crippen molar-refractivity contribution in [3.05, 3.63) is 69.4 Å². The van der Waals surface area contributed by atoms with Crippen molar-refractivity contribution in [2.45, 2.75) is 20.0 Å². The molecule has 25 heavy (non-hydrogen) atoms. The second kappa shape index (κ2) is 7.31. The average Bonchev–Trinajstić information content (AvgIpc) is 3.02. The van der Waals surface area contributed by atoms with Crippen molar-refractivity contribution < 1.29 is 9.21 Å². The van der Waals surface area contributed by atoms with E-state index in [4.69, 9.17) is 16.0 Å². The van der Waals surface area contributed by atoms with E-state index in [9.17, 15) is 9.59 Å². The smallest absolute Gasteiger partial charge is 0.267 e. The largest absolute Gasteiger partial charge is 0.439 e. The van der Waals surface area contributed by atoms with E-state index >= 15 is 0 Å². The van der Waals surface area contributed by atoms with Crippen LogP contribution in [-0.2, 0) is 17.9 Å². The van der Waals surface area contributed by atoms with Crippen molar-refractivity contribution in [1.82, 2.24) is 20.1 Å². The maximum atomic E-state index is 12.1. The van der Waals surface area contributed by atoms with Crippen molar-refractivity contribution in [2.24, 2.45) is 0 Å². The van der Waals surface area contributed by atoms with Gasteiger partial charge in [0.15, 0.2) is 11.7 Å². The molecule has 0 saturated carbocycles. The lowest BCUT2D eigenvalue weighted by atomic mass is 10.2. The number of nitrogens with zero attached hydrogens (tertiary/aromatic N) is 3. The summed E-state index contributed by atoms with van der Waals surface area (Å²) in [5.74, 6) is 0.579. The first-order valence-electron chi connectivity index (χ1n) is 7.54. The minimum Gasteiger partial charge on any atom is -0.439 e. The number of aromatic nitrogens is 3. The maximum absolute atomic E-state index is 12.1. The summed E-state index contributed by atoms with van der Waals surface area (Å²) in [6.07, 6.45) is 1.52. The van der Waals surface area contributed by atoms with Crippen LogP contribution in [0.15, 0.2) is 51.8 Å². The van der Waals surface area contributed by atoms with E-state index in [-0.39, 0.29) is 24.6 Å². The van der Waals surface area contributed by atoms with Gasteiger partial charge in [-0.15, -0.1) is 0 Å². The summed E-state index contributed by atoms with van der Waals surface area (Å²) in [7, 11) is 0. The number of nitrogens with one attached hydrogen (secondary N) is 1. The highest BCUT2D eigenvalue weighted by Crippen LogP contribution is 2.16. The third-order valence-electron chi connectivity index (χ3n) is 3.47. The molecule has 0 bridgehead atoms. The SMILES string of the molecule is Cc1ncc(-c2ccc(=O)n(CC(=O)NCc3ccccc3Cl)n2)o1. The lowest BCUT2D eigenvalue weighted by Gasteiger charge is -2.08. The highest BCUT2D eigenvalue weighted by atomic mass is 35.5. The third-order valence-corrected chi connectivity index (χ3v) is 3.84. The van der Waals surface area contributed by atoms with Crippen LogP contribution in [0.3, 0.4) is 0 Å². The molecule has 0 atom stereocenters.